The summed E-state index contributed by atoms with van der Waals surface area (Å²) in [5, 5.41) is 0. The van der Waals surface area contributed by atoms with Crippen LogP contribution in [0.1, 0.15) is 30.4 Å². The van der Waals surface area contributed by atoms with Crippen molar-refractivity contribution in [3.05, 3.63) is 33.8 Å². The summed E-state index contributed by atoms with van der Waals surface area (Å²) in [4.78, 5) is 23.8. The number of methoxy groups -OCH3 is 1. The van der Waals surface area contributed by atoms with Crippen molar-refractivity contribution in [2.75, 3.05) is 7.11 Å². The van der Waals surface area contributed by atoms with Crippen molar-refractivity contribution in [3.8, 4) is 11.5 Å². The van der Waals surface area contributed by atoms with E-state index < -0.39 is 0 Å². The minimum Gasteiger partial charge on any atom is -0.493 e. The molecule has 24 heavy (non-hydrogen) atoms. The van der Waals surface area contributed by atoms with Crippen LogP contribution < -0.4 is 15.2 Å². The Kier molecular flexibility index (Phi) is 3.49. The number of carbonyl (C=O) groups excluding carboxylic acids is 2. The largest absolute Gasteiger partial charge is 0.493 e. The fraction of sp³-hybridized carbons (Fsp3) is 0.444. The van der Waals surface area contributed by atoms with E-state index in [1.54, 1.807) is 13.2 Å². The van der Waals surface area contributed by atoms with E-state index >= 15 is 0 Å². The van der Waals surface area contributed by atoms with Crippen molar-refractivity contribution in [1.82, 2.24) is 0 Å². The quantitative estimate of drug-likeness (QED) is 0.839. The zero-order chi connectivity index (χ0) is 17.1. The molecule has 3 unspecified atom stereocenters. The second-order valence-electron chi connectivity index (χ2n) is 6.74. The highest BCUT2D eigenvalue weighted by Gasteiger charge is 2.53. The molecule has 1 aromatic rings. The minimum absolute atomic E-state index is 0.0636. The maximum absolute atomic E-state index is 11.9. The van der Waals surface area contributed by atoms with E-state index in [0.717, 1.165) is 22.0 Å². The average Bonchev–Trinajstić information content (AvgIpc) is 2.76. The van der Waals surface area contributed by atoms with Crippen molar-refractivity contribution in [3.63, 3.8) is 0 Å². The van der Waals surface area contributed by atoms with Crippen LogP contribution in [0.3, 0.4) is 0 Å². The molecule has 1 heterocycles. The van der Waals surface area contributed by atoms with E-state index in [0.29, 0.717) is 30.8 Å². The van der Waals surface area contributed by atoms with E-state index in [4.69, 9.17) is 15.2 Å². The number of carbonyl (C=O) groups is 2. The Morgan fingerprint density at radius 3 is 2.96 bits per heavy atom. The van der Waals surface area contributed by atoms with Crippen LogP contribution in [0.25, 0.3) is 0 Å². The number of rotatable bonds is 2. The van der Waals surface area contributed by atoms with Gasteiger partial charge in [-0.15, -0.1) is 0 Å². The van der Waals surface area contributed by atoms with Crippen LogP contribution in [-0.2, 0) is 21.4 Å². The third-order valence-corrected chi connectivity index (χ3v) is 6.24. The van der Waals surface area contributed by atoms with Gasteiger partial charge >= 0.3 is 0 Å². The SMILES string of the molecule is COc1cc(Br)c2c3c1OC1CC(=O)C=CC31CCC(C(N)=O)C2. The van der Waals surface area contributed by atoms with E-state index in [1.807, 2.05) is 12.1 Å². The first-order valence-corrected chi connectivity index (χ1v) is 8.83. The van der Waals surface area contributed by atoms with E-state index in [2.05, 4.69) is 15.9 Å². The Hall–Kier alpha value is -1.82. The van der Waals surface area contributed by atoms with Gasteiger partial charge in [0.05, 0.1) is 12.5 Å². The van der Waals surface area contributed by atoms with Gasteiger partial charge < -0.3 is 15.2 Å². The smallest absolute Gasteiger partial charge is 0.220 e. The van der Waals surface area contributed by atoms with Crippen LogP contribution in [0.5, 0.6) is 11.5 Å². The molecule has 1 aliphatic heterocycles. The van der Waals surface area contributed by atoms with Crippen molar-refractivity contribution < 1.29 is 19.1 Å². The van der Waals surface area contributed by atoms with Crippen LogP contribution in [0.15, 0.2) is 22.7 Å². The second kappa shape index (κ2) is 5.34. The lowest BCUT2D eigenvalue weighted by Crippen LogP contribution is -2.41. The molecular weight excluding hydrogens is 374 g/mol. The molecule has 2 N–H and O–H groups in total. The summed E-state index contributed by atoms with van der Waals surface area (Å²) in [6.07, 6.45) is 5.68. The number of halogens is 1. The number of hydrogen-bond acceptors (Lipinski definition) is 4. The molecule has 3 aliphatic rings. The summed E-state index contributed by atoms with van der Waals surface area (Å²) in [6.45, 7) is 0. The number of benzene rings is 1. The normalized spacial score (nSPS) is 30.2. The first-order chi connectivity index (χ1) is 11.5. The summed E-state index contributed by atoms with van der Waals surface area (Å²) >= 11 is 3.62. The van der Waals surface area contributed by atoms with Gasteiger partial charge in [0.25, 0.3) is 0 Å². The molecule has 0 radical (unpaired) electrons. The van der Waals surface area contributed by atoms with E-state index in [-0.39, 0.29) is 29.1 Å². The van der Waals surface area contributed by atoms with Gasteiger partial charge in [-0.05, 0) is 37.0 Å². The Morgan fingerprint density at radius 1 is 1.46 bits per heavy atom. The summed E-state index contributed by atoms with van der Waals surface area (Å²) in [5.41, 5.74) is 7.30. The number of allylic oxidation sites excluding steroid dienone is 1. The van der Waals surface area contributed by atoms with Crippen molar-refractivity contribution in [2.24, 2.45) is 11.7 Å². The van der Waals surface area contributed by atoms with Crippen LogP contribution >= 0.6 is 15.9 Å². The van der Waals surface area contributed by atoms with Crippen molar-refractivity contribution in [1.29, 1.82) is 0 Å². The first-order valence-electron chi connectivity index (χ1n) is 8.04. The molecule has 126 valence electrons. The highest BCUT2D eigenvalue weighted by molar-refractivity contribution is 9.10. The predicted octanol–water partition coefficient (Wildman–Crippen LogP) is 2.42. The Morgan fingerprint density at radius 2 is 2.25 bits per heavy atom. The number of primary amides is 1. The molecule has 6 heteroatoms. The number of ketones is 1. The van der Waals surface area contributed by atoms with Gasteiger partial charge in [-0.1, -0.05) is 22.0 Å². The number of ether oxygens (including phenoxy) is 2. The summed E-state index contributed by atoms with van der Waals surface area (Å²) in [5.74, 6) is 0.910. The molecule has 1 aromatic carbocycles. The van der Waals surface area contributed by atoms with Crippen molar-refractivity contribution >= 4 is 27.6 Å². The number of amides is 1. The fourth-order valence-electron chi connectivity index (χ4n) is 4.30. The second-order valence-corrected chi connectivity index (χ2v) is 7.59. The highest BCUT2D eigenvalue weighted by Crippen LogP contribution is 2.58. The van der Waals surface area contributed by atoms with Gasteiger partial charge in [-0.25, -0.2) is 0 Å². The first kappa shape index (κ1) is 15.7. The number of nitrogens with two attached hydrogens (primary N) is 1. The van der Waals surface area contributed by atoms with Gasteiger partial charge in [0.2, 0.25) is 5.91 Å². The topological polar surface area (TPSA) is 78.6 Å². The molecule has 0 fully saturated rings. The maximum atomic E-state index is 11.9. The fourth-order valence-corrected chi connectivity index (χ4v) is 4.86. The monoisotopic (exact) mass is 391 g/mol. The van der Waals surface area contributed by atoms with Gasteiger partial charge in [-0.3, -0.25) is 9.59 Å². The van der Waals surface area contributed by atoms with E-state index in [9.17, 15) is 9.59 Å². The molecule has 4 rings (SSSR count). The molecule has 3 atom stereocenters. The van der Waals surface area contributed by atoms with E-state index in [1.165, 1.54) is 0 Å². The molecule has 1 amide bonds. The molecular formula is C18H18BrNO4. The Labute approximate surface area is 148 Å². The Balaban J connectivity index is 1.98. The van der Waals surface area contributed by atoms with Gasteiger partial charge in [0.15, 0.2) is 17.3 Å². The lowest BCUT2D eigenvalue weighted by atomic mass is 9.69. The summed E-state index contributed by atoms with van der Waals surface area (Å²) < 4.78 is 12.6. The molecule has 0 saturated heterocycles. The Bertz CT molecular complexity index is 788. The highest BCUT2D eigenvalue weighted by atomic mass is 79.9. The minimum atomic E-state index is -0.389. The molecule has 0 saturated carbocycles. The molecule has 0 aromatic heterocycles. The molecule has 5 nitrogen and oxygen atoms in total. The summed E-state index contributed by atoms with van der Waals surface area (Å²) in [6, 6.07) is 1.87. The zero-order valence-corrected chi connectivity index (χ0v) is 14.9. The third kappa shape index (κ3) is 2.05. The standard InChI is InChI=1S/C18H18BrNO4/c1-23-13-8-12(19)11-6-9(17(20)22)2-4-18-5-3-10(21)7-14(18)24-16(13)15(11)18/h3,5,8-9,14H,2,4,6-7H2,1H3,(H2,20,22). The van der Waals surface area contributed by atoms with Crippen molar-refractivity contribution in [2.45, 2.75) is 37.2 Å². The van der Waals surface area contributed by atoms with Crippen LogP contribution in [-0.4, -0.2) is 24.9 Å². The molecule has 0 bridgehead atoms. The third-order valence-electron chi connectivity index (χ3n) is 5.53. The summed E-state index contributed by atoms with van der Waals surface area (Å²) in [7, 11) is 1.60. The maximum Gasteiger partial charge on any atom is 0.220 e. The zero-order valence-electron chi connectivity index (χ0n) is 13.3. The lowest BCUT2D eigenvalue weighted by molar-refractivity contribution is -0.122. The molecule has 1 spiro atoms. The van der Waals surface area contributed by atoms with Gasteiger partial charge in [-0.2, -0.15) is 0 Å². The molecule has 2 aliphatic carbocycles. The lowest BCUT2D eigenvalue weighted by Gasteiger charge is -2.33. The van der Waals surface area contributed by atoms with Crippen LogP contribution in [0, 0.1) is 5.92 Å². The van der Waals surface area contributed by atoms with Crippen LogP contribution in [0.2, 0.25) is 0 Å². The average molecular weight is 392 g/mol. The van der Waals surface area contributed by atoms with Crippen LogP contribution in [0.4, 0.5) is 0 Å². The predicted molar refractivity (Wildman–Crippen MR) is 91.2 cm³/mol. The number of hydrogen-bond donors (Lipinski definition) is 1. The van der Waals surface area contributed by atoms with Gasteiger partial charge in [0, 0.05) is 22.4 Å². The van der Waals surface area contributed by atoms with Gasteiger partial charge in [0.1, 0.15) is 6.10 Å².